The molecule has 0 bridgehead atoms. The maximum atomic E-state index is 2.54. The topological polar surface area (TPSA) is 6.48 Å². The average Bonchev–Trinajstić information content (AvgIpc) is 3.97. The van der Waals surface area contributed by atoms with E-state index < -0.39 is 0 Å². The van der Waals surface area contributed by atoms with Crippen LogP contribution in [0.4, 0.5) is 34.1 Å². The first-order chi connectivity index (χ1) is 31.7. The van der Waals surface area contributed by atoms with Crippen LogP contribution in [0.1, 0.15) is 76.0 Å². The molecule has 2 aromatic heterocycles. The number of anilines is 6. The van der Waals surface area contributed by atoms with Crippen LogP contribution in [0, 0.1) is 0 Å². The van der Waals surface area contributed by atoms with Crippen molar-refractivity contribution in [2.45, 2.75) is 69.1 Å². The summed E-state index contributed by atoms with van der Waals surface area (Å²) in [5.41, 5.74) is 15.3. The van der Waals surface area contributed by atoms with Gasteiger partial charge in [-0.05, 0) is 140 Å². The number of rotatable bonds is 12. The number of hydrogen-bond acceptors (Lipinski definition) is 5. The molecule has 0 unspecified atom stereocenters. The van der Waals surface area contributed by atoms with Gasteiger partial charge in [0.25, 0.3) is 6.71 Å². The molecular weight excluding hydrogens is 844 g/mol. The predicted molar refractivity (Wildman–Crippen MR) is 286 cm³/mol. The molecule has 0 aliphatic carbocycles. The fraction of sp³-hybridized carbons (Fsp3) is 0.153. The van der Waals surface area contributed by atoms with Crippen LogP contribution < -0.4 is 24.8 Å². The van der Waals surface area contributed by atoms with Crippen LogP contribution in [-0.2, 0) is 0 Å². The van der Waals surface area contributed by atoms with E-state index in [0.717, 1.165) is 34.1 Å². The smallest absolute Gasteiger partial charge is 0.270 e. The van der Waals surface area contributed by atoms with Gasteiger partial charge in [0.2, 0.25) is 0 Å². The van der Waals surface area contributed by atoms with Crippen LogP contribution >= 0.6 is 34.4 Å². The van der Waals surface area contributed by atoms with Crippen molar-refractivity contribution in [1.29, 1.82) is 0 Å². The fourth-order valence-electron chi connectivity index (χ4n) is 9.22. The molecule has 1 aliphatic heterocycles. The van der Waals surface area contributed by atoms with E-state index in [0.29, 0.717) is 17.8 Å². The van der Waals surface area contributed by atoms with Crippen molar-refractivity contribution >= 4 is 90.3 Å². The molecule has 0 saturated heterocycles. The van der Waals surface area contributed by atoms with Crippen molar-refractivity contribution in [2.24, 2.45) is 0 Å². The highest BCUT2D eigenvalue weighted by atomic mass is 32.2. The normalized spacial score (nSPS) is 12.2. The van der Waals surface area contributed by atoms with Crippen LogP contribution in [0.15, 0.2) is 204 Å². The van der Waals surface area contributed by atoms with E-state index in [1.807, 2.05) is 34.4 Å². The summed E-state index contributed by atoms with van der Waals surface area (Å²) in [6, 6.07) is 71.1. The standard InChI is InChI=1S/C59H53BN2S3/c1-39(2)44-35-51(40(3)4)57(52(36-44)41(5)6)60-58-55(37-53(64-58)42-27-31-49(32-28-42)61(45-19-11-7-12-20-45)46-21-13-8-14-22-46)63-56-38-54(65-59(56)60)43-29-33-50(34-30-43)62(47-23-15-9-16-24-47)48-25-17-10-18-26-48/h7-41H,1-6H3. The molecule has 0 N–H and O–H groups in total. The zero-order chi connectivity index (χ0) is 44.6. The lowest BCUT2D eigenvalue weighted by Crippen LogP contribution is -2.55. The summed E-state index contributed by atoms with van der Waals surface area (Å²) in [7, 11) is 0. The maximum absolute atomic E-state index is 2.54. The third-order valence-electron chi connectivity index (χ3n) is 12.5. The van der Waals surface area contributed by atoms with Crippen molar-refractivity contribution in [3.63, 3.8) is 0 Å². The summed E-state index contributed by atoms with van der Waals surface area (Å²) in [5, 5.41) is 0. The molecule has 0 amide bonds. The zero-order valence-corrected chi connectivity index (χ0v) is 40.4. The van der Waals surface area contributed by atoms with Crippen LogP contribution in [0.5, 0.6) is 0 Å². The second-order valence-electron chi connectivity index (χ2n) is 17.9. The van der Waals surface area contributed by atoms with Crippen molar-refractivity contribution in [3.05, 3.63) is 211 Å². The van der Waals surface area contributed by atoms with Crippen molar-refractivity contribution in [3.8, 4) is 20.9 Å². The summed E-state index contributed by atoms with van der Waals surface area (Å²) in [5.74, 6) is 1.23. The van der Waals surface area contributed by atoms with Gasteiger partial charge in [0.15, 0.2) is 0 Å². The van der Waals surface area contributed by atoms with Gasteiger partial charge in [0.1, 0.15) is 0 Å². The van der Waals surface area contributed by atoms with Crippen LogP contribution in [-0.4, -0.2) is 6.71 Å². The summed E-state index contributed by atoms with van der Waals surface area (Å²) < 4.78 is 2.92. The van der Waals surface area contributed by atoms with E-state index in [1.54, 1.807) is 0 Å². The summed E-state index contributed by atoms with van der Waals surface area (Å²) >= 11 is 5.93. The third kappa shape index (κ3) is 8.52. The molecule has 0 atom stereocenters. The van der Waals surface area contributed by atoms with Crippen LogP contribution in [0.25, 0.3) is 20.9 Å². The SMILES string of the molecule is CC(C)c1cc(C(C)C)c(B2c3sc(-c4ccc(N(c5ccccc5)c5ccccc5)cc4)cc3Sc3cc(-c4ccc(N(c5ccccc5)c5ccccc5)cc4)sc32)c(C(C)C)c1. The van der Waals surface area contributed by atoms with Gasteiger partial charge in [-0.15, -0.1) is 22.7 Å². The number of benzene rings is 7. The number of thiophene rings is 2. The average molecular weight is 897 g/mol. The fourth-order valence-corrected chi connectivity index (χ4v) is 13.3. The Kier molecular flexibility index (Phi) is 12.2. The molecule has 2 nitrogen and oxygen atoms in total. The molecule has 6 heteroatoms. The Bertz CT molecular complexity index is 2750. The first-order valence-electron chi connectivity index (χ1n) is 22.9. The van der Waals surface area contributed by atoms with Gasteiger partial charge in [-0.1, -0.05) is 168 Å². The van der Waals surface area contributed by atoms with Crippen molar-refractivity contribution < 1.29 is 0 Å². The number of fused-ring (bicyclic) bond motifs is 2. The second kappa shape index (κ2) is 18.4. The quantitative estimate of drug-likeness (QED) is 0.113. The summed E-state index contributed by atoms with van der Waals surface area (Å²) in [4.78, 5) is 10.0. The van der Waals surface area contributed by atoms with E-state index in [-0.39, 0.29) is 6.71 Å². The minimum absolute atomic E-state index is 0.145. The molecule has 65 heavy (non-hydrogen) atoms. The highest BCUT2D eigenvalue weighted by Gasteiger charge is 2.39. The Labute approximate surface area is 398 Å². The summed E-state index contributed by atoms with van der Waals surface area (Å²) in [6.45, 7) is 14.4. The minimum Gasteiger partial charge on any atom is -0.311 e. The minimum atomic E-state index is 0.145. The molecule has 7 aromatic carbocycles. The van der Waals surface area contributed by atoms with Gasteiger partial charge >= 0.3 is 0 Å². The summed E-state index contributed by atoms with van der Waals surface area (Å²) in [6.07, 6.45) is 0. The maximum Gasteiger partial charge on any atom is 0.270 e. The Balaban J connectivity index is 1.07. The molecule has 0 saturated carbocycles. The Morgan fingerprint density at radius 1 is 0.369 bits per heavy atom. The van der Waals surface area contributed by atoms with E-state index >= 15 is 0 Å². The molecule has 9 aromatic rings. The number of nitrogens with zero attached hydrogens (tertiary/aromatic N) is 2. The van der Waals surface area contributed by atoms with Crippen LogP contribution in [0.2, 0.25) is 0 Å². The van der Waals surface area contributed by atoms with E-state index in [1.165, 1.54) is 62.4 Å². The highest BCUT2D eigenvalue weighted by Crippen LogP contribution is 2.44. The lowest BCUT2D eigenvalue weighted by Gasteiger charge is -2.29. The Hall–Kier alpha value is -6.05. The lowest BCUT2D eigenvalue weighted by atomic mass is 9.40. The first kappa shape index (κ1) is 42.9. The highest BCUT2D eigenvalue weighted by molar-refractivity contribution is 8.00. The third-order valence-corrected chi connectivity index (χ3v) is 16.4. The molecule has 10 rings (SSSR count). The van der Waals surface area contributed by atoms with E-state index in [4.69, 9.17) is 0 Å². The van der Waals surface area contributed by atoms with Gasteiger partial charge in [-0.2, -0.15) is 0 Å². The van der Waals surface area contributed by atoms with Gasteiger partial charge in [-0.3, -0.25) is 0 Å². The Morgan fingerprint density at radius 3 is 1.00 bits per heavy atom. The number of hydrogen-bond donors (Lipinski definition) is 0. The number of para-hydroxylation sites is 4. The largest absolute Gasteiger partial charge is 0.311 e. The van der Waals surface area contributed by atoms with E-state index in [2.05, 4.69) is 245 Å². The molecule has 3 heterocycles. The molecule has 1 aliphatic rings. The van der Waals surface area contributed by atoms with Gasteiger partial charge in [0.05, 0.1) is 0 Å². The van der Waals surface area contributed by atoms with Crippen molar-refractivity contribution in [2.75, 3.05) is 9.80 Å². The van der Waals surface area contributed by atoms with Crippen LogP contribution in [0.3, 0.4) is 0 Å². The Morgan fingerprint density at radius 2 is 0.692 bits per heavy atom. The van der Waals surface area contributed by atoms with Crippen molar-refractivity contribution in [1.82, 2.24) is 0 Å². The molecule has 0 radical (unpaired) electrons. The van der Waals surface area contributed by atoms with Gasteiger partial charge in [0, 0.05) is 53.7 Å². The molecule has 320 valence electrons. The zero-order valence-electron chi connectivity index (χ0n) is 37.9. The molecule has 0 fully saturated rings. The first-order valence-corrected chi connectivity index (χ1v) is 25.3. The van der Waals surface area contributed by atoms with E-state index in [9.17, 15) is 0 Å². The van der Waals surface area contributed by atoms with Gasteiger partial charge < -0.3 is 9.80 Å². The lowest BCUT2D eigenvalue weighted by molar-refractivity contribution is 0.812. The monoisotopic (exact) mass is 896 g/mol. The predicted octanol–water partition coefficient (Wildman–Crippen LogP) is 16.4. The van der Waals surface area contributed by atoms with Gasteiger partial charge in [-0.25, -0.2) is 0 Å². The second-order valence-corrected chi connectivity index (χ2v) is 21.1. The molecular formula is C59H53BN2S3. The molecule has 0 spiro atoms.